The number of rotatable bonds is 3. The average molecular weight is 291 g/mol. The number of hydrogen-bond acceptors (Lipinski definition) is 4. The van der Waals surface area contributed by atoms with Gasteiger partial charge in [-0.25, -0.2) is 0 Å². The summed E-state index contributed by atoms with van der Waals surface area (Å²) in [5.74, 6) is 1.30. The molecule has 0 saturated heterocycles. The van der Waals surface area contributed by atoms with Gasteiger partial charge in [-0.3, -0.25) is 0 Å². The van der Waals surface area contributed by atoms with Crippen molar-refractivity contribution in [1.82, 2.24) is 10.1 Å². The summed E-state index contributed by atoms with van der Waals surface area (Å²) in [6.45, 7) is 2.88. The van der Waals surface area contributed by atoms with E-state index in [1.54, 1.807) is 0 Å². The fourth-order valence-electron chi connectivity index (χ4n) is 3.04. The van der Waals surface area contributed by atoms with E-state index in [1.165, 1.54) is 11.3 Å². The Morgan fingerprint density at radius 1 is 1.09 bits per heavy atom. The summed E-state index contributed by atoms with van der Waals surface area (Å²) in [6.07, 6.45) is 1.07. The van der Waals surface area contributed by atoms with E-state index in [0.29, 0.717) is 24.3 Å². The SMILES string of the molecule is CC1Cc2ccccc2N1Cc1nc(-c2ccccc2)no1. The number of hydrogen-bond donors (Lipinski definition) is 0. The van der Waals surface area contributed by atoms with Gasteiger partial charge in [0, 0.05) is 17.3 Å². The zero-order valence-corrected chi connectivity index (χ0v) is 12.4. The van der Waals surface area contributed by atoms with Gasteiger partial charge in [-0.15, -0.1) is 0 Å². The van der Waals surface area contributed by atoms with Gasteiger partial charge in [0.25, 0.3) is 0 Å². The molecule has 0 spiro atoms. The van der Waals surface area contributed by atoms with Crippen LogP contribution in [0.5, 0.6) is 0 Å². The second kappa shape index (κ2) is 5.30. The molecule has 22 heavy (non-hydrogen) atoms. The van der Waals surface area contributed by atoms with Crippen molar-refractivity contribution in [3.63, 3.8) is 0 Å². The van der Waals surface area contributed by atoms with Crippen LogP contribution in [0.1, 0.15) is 18.4 Å². The van der Waals surface area contributed by atoms with Crippen LogP contribution >= 0.6 is 0 Å². The third kappa shape index (κ3) is 2.26. The van der Waals surface area contributed by atoms with Gasteiger partial charge in [0.1, 0.15) is 0 Å². The topological polar surface area (TPSA) is 42.2 Å². The molecule has 0 bridgehead atoms. The standard InChI is InChI=1S/C18H17N3O/c1-13-11-15-9-5-6-10-16(15)21(13)12-17-19-18(20-22-17)14-7-3-2-4-8-14/h2-10,13H,11-12H2,1H3. The van der Waals surface area contributed by atoms with Gasteiger partial charge in [0.05, 0.1) is 6.54 Å². The van der Waals surface area contributed by atoms with Crippen molar-refractivity contribution in [2.75, 3.05) is 4.90 Å². The zero-order valence-electron chi connectivity index (χ0n) is 12.4. The molecule has 4 rings (SSSR count). The molecule has 3 aromatic rings. The van der Waals surface area contributed by atoms with Gasteiger partial charge in [-0.1, -0.05) is 53.7 Å². The third-order valence-corrected chi connectivity index (χ3v) is 4.15. The molecule has 1 aliphatic heterocycles. The van der Waals surface area contributed by atoms with E-state index in [2.05, 4.69) is 46.2 Å². The van der Waals surface area contributed by atoms with E-state index in [4.69, 9.17) is 4.52 Å². The molecule has 0 radical (unpaired) electrons. The van der Waals surface area contributed by atoms with Crippen molar-refractivity contribution in [2.45, 2.75) is 25.9 Å². The lowest BCUT2D eigenvalue weighted by Gasteiger charge is -2.22. The van der Waals surface area contributed by atoms with Crippen molar-refractivity contribution in [1.29, 1.82) is 0 Å². The molecule has 4 heteroatoms. The van der Waals surface area contributed by atoms with Crippen molar-refractivity contribution >= 4 is 5.69 Å². The van der Waals surface area contributed by atoms with Gasteiger partial charge in [-0.2, -0.15) is 4.98 Å². The van der Waals surface area contributed by atoms with Crippen LogP contribution in [0.25, 0.3) is 11.4 Å². The number of anilines is 1. The van der Waals surface area contributed by atoms with Gasteiger partial charge in [0.15, 0.2) is 0 Å². The highest BCUT2D eigenvalue weighted by atomic mass is 16.5. The molecular weight excluding hydrogens is 274 g/mol. The number of para-hydroxylation sites is 1. The summed E-state index contributed by atoms with van der Waals surface area (Å²) in [6, 6.07) is 18.9. The van der Waals surface area contributed by atoms with E-state index in [-0.39, 0.29) is 0 Å². The number of aromatic nitrogens is 2. The highest BCUT2D eigenvalue weighted by Gasteiger charge is 2.27. The molecule has 0 fully saturated rings. The van der Waals surface area contributed by atoms with Crippen LogP contribution in [0.15, 0.2) is 59.1 Å². The molecular formula is C18H17N3O. The average Bonchev–Trinajstić information content (AvgIpc) is 3.14. The fourth-order valence-corrected chi connectivity index (χ4v) is 3.04. The third-order valence-electron chi connectivity index (χ3n) is 4.15. The molecule has 2 heterocycles. The maximum atomic E-state index is 5.44. The molecule has 1 unspecified atom stereocenters. The lowest BCUT2D eigenvalue weighted by molar-refractivity contribution is 0.374. The smallest absolute Gasteiger partial charge is 0.246 e. The van der Waals surface area contributed by atoms with E-state index in [9.17, 15) is 0 Å². The largest absolute Gasteiger partial charge is 0.359 e. The van der Waals surface area contributed by atoms with Crippen LogP contribution < -0.4 is 4.90 Å². The highest BCUT2D eigenvalue weighted by Crippen LogP contribution is 2.33. The quantitative estimate of drug-likeness (QED) is 0.738. The summed E-state index contributed by atoms with van der Waals surface area (Å²) in [4.78, 5) is 6.86. The van der Waals surface area contributed by atoms with Gasteiger partial charge in [-0.05, 0) is 25.0 Å². The molecule has 0 N–H and O–H groups in total. The first-order chi connectivity index (χ1) is 10.8. The second-order valence-corrected chi connectivity index (χ2v) is 5.69. The van der Waals surface area contributed by atoms with Crippen LogP contribution in [0, 0.1) is 0 Å². The number of fused-ring (bicyclic) bond motifs is 1. The summed E-state index contributed by atoms with van der Waals surface area (Å²) in [5, 5.41) is 4.10. The van der Waals surface area contributed by atoms with Crippen LogP contribution in [-0.4, -0.2) is 16.2 Å². The Bertz CT molecular complexity index is 782. The van der Waals surface area contributed by atoms with Gasteiger partial charge < -0.3 is 9.42 Å². The molecule has 1 aromatic heterocycles. The molecule has 4 nitrogen and oxygen atoms in total. The van der Waals surface area contributed by atoms with Crippen LogP contribution in [0.2, 0.25) is 0 Å². The highest BCUT2D eigenvalue weighted by molar-refractivity contribution is 5.59. The molecule has 1 atom stereocenters. The van der Waals surface area contributed by atoms with Crippen molar-refractivity contribution in [3.05, 3.63) is 66.1 Å². The van der Waals surface area contributed by atoms with Crippen LogP contribution in [-0.2, 0) is 13.0 Å². The second-order valence-electron chi connectivity index (χ2n) is 5.69. The normalized spacial score (nSPS) is 16.8. The number of benzene rings is 2. The number of nitrogens with zero attached hydrogens (tertiary/aromatic N) is 3. The molecule has 110 valence electrons. The van der Waals surface area contributed by atoms with Crippen molar-refractivity contribution in [3.8, 4) is 11.4 Å². The van der Waals surface area contributed by atoms with Crippen molar-refractivity contribution in [2.24, 2.45) is 0 Å². The van der Waals surface area contributed by atoms with Gasteiger partial charge in [0.2, 0.25) is 11.7 Å². The Kier molecular flexibility index (Phi) is 3.15. The lowest BCUT2D eigenvalue weighted by atomic mass is 10.1. The van der Waals surface area contributed by atoms with Crippen molar-refractivity contribution < 1.29 is 4.52 Å². The predicted molar refractivity (Wildman–Crippen MR) is 85.5 cm³/mol. The minimum absolute atomic E-state index is 0.449. The summed E-state index contributed by atoms with van der Waals surface area (Å²) < 4.78 is 5.44. The Labute approximate surface area is 129 Å². The monoisotopic (exact) mass is 291 g/mol. The Balaban J connectivity index is 1.59. The first kappa shape index (κ1) is 13.1. The van der Waals surface area contributed by atoms with E-state index < -0.39 is 0 Å². The zero-order chi connectivity index (χ0) is 14.9. The van der Waals surface area contributed by atoms with Gasteiger partial charge >= 0.3 is 0 Å². The van der Waals surface area contributed by atoms with Crippen LogP contribution in [0.4, 0.5) is 5.69 Å². The Morgan fingerprint density at radius 3 is 2.73 bits per heavy atom. The van der Waals surface area contributed by atoms with E-state index in [1.807, 2.05) is 30.3 Å². The lowest BCUT2D eigenvalue weighted by Crippen LogP contribution is -2.28. The molecule has 0 saturated carbocycles. The van der Waals surface area contributed by atoms with Crippen LogP contribution in [0.3, 0.4) is 0 Å². The maximum absolute atomic E-state index is 5.44. The summed E-state index contributed by atoms with van der Waals surface area (Å²) >= 11 is 0. The first-order valence-electron chi connectivity index (χ1n) is 7.54. The Hall–Kier alpha value is -2.62. The molecule has 0 amide bonds. The maximum Gasteiger partial charge on any atom is 0.246 e. The molecule has 1 aliphatic rings. The summed E-state index contributed by atoms with van der Waals surface area (Å²) in [5.41, 5.74) is 3.64. The van der Waals surface area contributed by atoms with E-state index >= 15 is 0 Å². The summed E-state index contributed by atoms with van der Waals surface area (Å²) in [7, 11) is 0. The minimum atomic E-state index is 0.449. The van der Waals surface area contributed by atoms with E-state index in [0.717, 1.165) is 12.0 Å². The minimum Gasteiger partial charge on any atom is -0.359 e. The first-order valence-corrected chi connectivity index (χ1v) is 7.54. The predicted octanol–water partition coefficient (Wildman–Crippen LogP) is 3.69. The molecule has 0 aliphatic carbocycles. The fraction of sp³-hybridized carbons (Fsp3) is 0.222. The molecule has 2 aromatic carbocycles. The Morgan fingerprint density at radius 2 is 1.86 bits per heavy atom.